The molecule has 1 radical (unpaired) electrons. The van der Waals surface area contributed by atoms with Crippen LogP contribution in [0.25, 0.3) is 0 Å². The molecule has 2 aromatic rings. The summed E-state index contributed by atoms with van der Waals surface area (Å²) in [6.07, 6.45) is 0. The van der Waals surface area contributed by atoms with Crippen LogP contribution in [-0.4, -0.2) is 68.4 Å². The molecule has 0 aliphatic carbocycles. The summed E-state index contributed by atoms with van der Waals surface area (Å²) in [5.41, 5.74) is 10.5. The molecule has 2 aromatic carbocycles. The topological polar surface area (TPSA) is 9.23 Å². The minimum absolute atomic E-state index is 0.420. The Kier molecular flexibility index (Phi) is 17.4. The molecule has 0 aliphatic heterocycles. The maximum absolute atomic E-state index is 6.33. The molecule has 0 spiro atoms. The predicted molar refractivity (Wildman–Crippen MR) is 285 cm³/mol. The van der Waals surface area contributed by atoms with Crippen molar-refractivity contribution in [3.63, 3.8) is 0 Å². The van der Waals surface area contributed by atoms with Crippen molar-refractivity contribution in [1.29, 1.82) is 0 Å². The first-order valence-electron chi connectivity index (χ1n) is 22.4. The molecular formula is C48H92GeOSSi6-. The summed E-state index contributed by atoms with van der Waals surface area (Å²) < 4.78 is 9.89. The molecule has 0 N–H and O–H groups in total. The van der Waals surface area contributed by atoms with Crippen LogP contribution in [0.2, 0.25) is 123 Å². The molecule has 0 saturated carbocycles. The Hall–Kier alpha value is 0.334. The molecule has 0 saturated heterocycles. The Morgan fingerprint density at radius 3 is 1.04 bits per heavy atom. The van der Waals surface area contributed by atoms with Gasteiger partial charge >= 0.3 is 376 Å². The normalized spacial score (nSPS) is 15.3. The van der Waals surface area contributed by atoms with Crippen molar-refractivity contribution >= 4 is 84.5 Å². The van der Waals surface area contributed by atoms with Gasteiger partial charge in [0.05, 0.1) is 0 Å². The van der Waals surface area contributed by atoms with Gasteiger partial charge in [-0.25, -0.2) is 0 Å². The van der Waals surface area contributed by atoms with E-state index in [2.05, 4.69) is 204 Å². The molecule has 0 aliphatic rings. The van der Waals surface area contributed by atoms with E-state index in [0.29, 0.717) is 33.2 Å². The molecule has 0 fully saturated rings. The number of hydrogen-bond acceptors (Lipinski definition) is 2. The van der Waals surface area contributed by atoms with Crippen LogP contribution in [0.3, 0.4) is 0 Å². The Balaban J connectivity index is 3.86. The molecule has 1 nitrogen and oxygen atoms in total. The SMILES string of the molecule is C=C(C)C(C)([CH2][Ge]([c]1c(C(C)C)cc(C(C)C)cc1C(C)C)[c]1c(C([Si](C)(C)C)[Si](C)(C)C)cc(C([Si](C)(C)C)[Si](C)(C)C)cc1C([Si](C)(C)C)[Si](C)(C)C)O[S-]. The Morgan fingerprint density at radius 2 is 0.807 bits per heavy atom. The Labute approximate surface area is 373 Å². The third-order valence-electron chi connectivity index (χ3n) is 12.7. The Morgan fingerprint density at radius 1 is 0.526 bits per heavy atom. The molecule has 0 bridgehead atoms. The zero-order valence-corrected chi connectivity index (χ0v) is 51.4. The second-order valence-electron chi connectivity index (χ2n) is 25.9. The van der Waals surface area contributed by atoms with E-state index >= 15 is 0 Å². The van der Waals surface area contributed by atoms with Gasteiger partial charge in [0.1, 0.15) is 0 Å². The summed E-state index contributed by atoms with van der Waals surface area (Å²) in [7, 11) is -10.3. The van der Waals surface area contributed by atoms with Gasteiger partial charge in [-0.2, -0.15) is 0 Å². The maximum atomic E-state index is 6.33. The van der Waals surface area contributed by atoms with Crippen molar-refractivity contribution < 1.29 is 4.18 Å². The molecule has 1 atom stereocenters. The number of rotatable bonds is 18. The average molecular weight is 958 g/mol. The summed E-state index contributed by atoms with van der Waals surface area (Å²) in [5, 5.41) is 2.92. The molecule has 0 aromatic heterocycles. The molecule has 0 heterocycles. The zero-order chi connectivity index (χ0) is 45.0. The van der Waals surface area contributed by atoms with E-state index < -0.39 is 68.4 Å². The second kappa shape index (κ2) is 18.6. The first-order chi connectivity index (χ1) is 25.2. The predicted octanol–water partition coefficient (Wildman–Crippen LogP) is 15.0. The molecule has 0 amide bonds. The van der Waals surface area contributed by atoms with E-state index in [1.807, 2.05) is 4.40 Å². The minimum atomic E-state index is -2.60. The van der Waals surface area contributed by atoms with E-state index in [-0.39, 0.29) is 0 Å². The van der Waals surface area contributed by atoms with E-state index in [1.54, 1.807) is 32.2 Å². The summed E-state index contributed by atoms with van der Waals surface area (Å²) in [5.74, 6) is 1.32. The fourth-order valence-electron chi connectivity index (χ4n) is 11.6. The summed E-state index contributed by atoms with van der Waals surface area (Å²) in [4.78, 5) is 0. The quantitative estimate of drug-likeness (QED) is 0.0836. The Bertz CT molecular complexity index is 1580. The van der Waals surface area contributed by atoms with Gasteiger partial charge in [0.2, 0.25) is 0 Å². The summed E-state index contributed by atoms with van der Waals surface area (Å²) >= 11 is 3.15. The van der Waals surface area contributed by atoms with Crippen LogP contribution in [0.5, 0.6) is 0 Å². The molecule has 325 valence electrons. The van der Waals surface area contributed by atoms with Gasteiger partial charge in [-0.1, -0.05) is 0 Å². The van der Waals surface area contributed by atoms with Crippen LogP contribution in [-0.2, 0) is 17.1 Å². The fourth-order valence-corrected chi connectivity index (χ4v) is 60.2. The standard InChI is InChI=1S/C48H93GeOSSi6/c1-33(2)37-28-39(34(3)4)43(40(29-37)35(5)6)49(32-48(9,50-51)36(7)8)44-41(46(54(16,17)18)55(19,20)21)30-38(45(52(10,11)12)53(13,14)15)31-42(44)47(56(22,23)24)57(25,26)27/h28-31,33-35,45-47,51H,7,32H2,1-6,8-27H3/p-1. The van der Waals surface area contributed by atoms with Crippen molar-refractivity contribution in [3.05, 3.63) is 69.8 Å². The molecule has 57 heavy (non-hydrogen) atoms. The molecular weight excluding hydrogens is 866 g/mol. The number of benzene rings is 2. The van der Waals surface area contributed by atoms with Crippen molar-refractivity contribution in [1.82, 2.24) is 0 Å². The molecule has 9 heteroatoms. The van der Waals surface area contributed by atoms with Gasteiger partial charge in [-0.3, -0.25) is 0 Å². The van der Waals surface area contributed by atoms with Gasteiger partial charge in [0, 0.05) is 0 Å². The second-order valence-corrected chi connectivity index (χ2v) is 64.5. The van der Waals surface area contributed by atoms with E-state index in [9.17, 15) is 0 Å². The van der Waals surface area contributed by atoms with Crippen LogP contribution in [0.1, 0.15) is 122 Å². The van der Waals surface area contributed by atoms with Gasteiger partial charge < -0.3 is 0 Å². The van der Waals surface area contributed by atoms with Crippen molar-refractivity contribution in [2.24, 2.45) is 0 Å². The van der Waals surface area contributed by atoms with Gasteiger partial charge in [0.25, 0.3) is 0 Å². The van der Waals surface area contributed by atoms with E-state index in [0.717, 1.165) is 10.8 Å². The third kappa shape index (κ3) is 12.7. The van der Waals surface area contributed by atoms with E-state index in [1.165, 1.54) is 5.56 Å². The van der Waals surface area contributed by atoms with Crippen LogP contribution in [0.4, 0.5) is 0 Å². The van der Waals surface area contributed by atoms with E-state index in [4.69, 9.17) is 17.1 Å². The van der Waals surface area contributed by atoms with Crippen LogP contribution in [0.15, 0.2) is 36.4 Å². The summed E-state index contributed by atoms with van der Waals surface area (Å²) in [6.45, 7) is 72.2. The van der Waals surface area contributed by atoms with Crippen molar-refractivity contribution in [2.75, 3.05) is 0 Å². The molecule has 2 rings (SSSR count). The average Bonchev–Trinajstić information content (AvgIpc) is 2.94. The third-order valence-corrected chi connectivity index (χ3v) is 48.1. The molecule has 1 unspecified atom stereocenters. The number of hydrogen-bond donors (Lipinski definition) is 0. The van der Waals surface area contributed by atoms with Crippen LogP contribution < -0.4 is 8.79 Å². The zero-order valence-electron chi connectivity index (χ0n) is 42.5. The van der Waals surface area contributed by atoms with Gasteiger partial charge in [-0.15, -0.1) is 0 Å². The van der Waals surface area contributed by atoms with Crippen molar-refractivity contribution in [3.8, 4) is 0 Å². The summed E-state index contributed by atoms with van der Waals surface area (Å²) in [6, 6.07) is 11.1. The first kappa shape index (κ1) is 53.5. The fraction of sp³-hybridized carbons (Fsp3) is 0.708. The van der Waals surface area contributed by atoms with Crippen LogP contribution in [0, 0.1) is 0 Å². The van der Waals surface area contributed by atoms with Gasteiger partial charge in [-0.05, 0) is 0 Å². The van der Waals surface area contributed by atoms with Crippen molar-refractivity contribution in [2.45, 2.75) is 217 Å². The monoisotopic (exact) mass is 958 g/mol. The van der Waals surface area contributed by atoms with Gasteiger partial charge in [0.15, 0.2) is 0 Å². The first-order valence-corrected chi connectivity index (χ1v) is 47.8. The van der Waals surface area contributed by atoms with Crippen LogP contribution >= 0.6 is 0 Å².